The second-order valence-corrected chi connectivity index (χ2v) is 13.8. The molecule has 1 fully saturated rings. The van der Waals surface area contributed by atoms with E-state index in [9.17, 15) is 39.5 Å². The molecule has 1 saturated heterocycles. The van der Waals surface area contributed by atoms with Crippen molar-refractivity contribution >= 4 is 38.4 Å². The molecule has 8 nitrogen and oxygen atoms in total. The van der Waals surface area contributed by atoms with E-state index in [1.165, 1.54) is 28.6 Å². The molecular weight excluding hydrogens is 606 g/mol. The standard InChI is InChI=1S/C26H27F4N3O5S3/c1-25(34,26(28,29)30)18-6-10-20(11-7-18)33-15-14-32(41(37,38)24-5-3-2-4-23(24)39)17-21(33)16-31-40(35,36)22-12-8-19(27)9-13-22/h2-13,21,31,34,39H,14-17H2,1H3/t21-,25+/m0/s1. The largest absolute Gasteiger partial charge is 0.421 e. The molecule has 15 heteroatoms. The van der Waals surface area contributed by atoms with Gasteiger partial charge in [-0.1, -0.05) is 24.3 Å². The Morgan fingerprint density at radius 1 is 0.951 bits per heavy atom. The lowest BCUT2D eigenvalue weighted by atomic mass is 9.95. The molecule has 0 bridgehead atoms. The summed E-state index contributed by atoms with van der Waals surface area (Å²) in [4.78, 5) is 1.68. The van der Waals surface area contributed by atoms with Gasteiger partial charge >= 0.3 is 6.18 Å². The topological polar surface area (TPSA) is 107 Å². The second kappa shape index (κ2) is 11.5. The number of alkyl halides is 3. The van der Waals surface area contributed by atoms with Crippen LogP contribution in [0.25, 0.3) is 0 Å². The fourth-order valence-corrected chi connectivity index (χ4v) is 7.55. The molecular formula is C26H27F4N3O5S3. The molecule has 1 aliphatic rings. The molecule has 1 heterocycles. The third-order valence-electron chi connectivity index (χ3n) is 6.87. The average Bonchev–Trinajstić information content (AvgIpc) is 2.91. The van der Waals surface area contributed by atoms with Crippen LogP contribution >= 0.6 is 12.6 Å². The third-order valence-corrected chi connectivity index (χ3v) is 10.8. The van der Waals surface area contributed by atoms with Crippen molar-refractivity contribution in [2.24, 2.45) is 0 Å². The van der Waals surface area contributed by atoms with Gasteiger partial charge in [0.05, 0.1) is 15.8 Å². The van der Waals surface area contributed by atoms with Gasteiger partial charge in [0.25, 0.3) is 0 Å². The minimum absolute atomic E-state index is 0.00627. The van der Waals surface area contributed by atoms with Gasteiger partial charge in [-0.2, -0.15) is 17.5 Å². The normalized spacial score (nSPS) is 18.7. The number of nitrogens with one attached hydrogen (secondary N) is 1. The molecule has 0 spiro atoms. The number of rotatable bonds is 8. The van der Waals surface area contributed by atoms with Crippen molar-refractivity contribution in [2.75, 3.05) is 31.1 Å². The van der Waals surface area contributed by atoms with Crippen LogP contribution in [0.3, 0.4) is 0 Å². The van der Waals surface area contributed by atoms with Gasteiger partial charge < -0.3 is 10.0 Å². The van der Waals surface area contributed by atoms with E-state index in [4.69, 9.17) is 0 Å². The van der Waals surface area contributed by atoms with Crippen LogP contribution in [-0.4, -0.2) is 64.6 Å². The zero-order valence-corrected chi connectivity index (χ0v) is 24.1. The molecule has 2 N–H and O–H groups in total. The highest BCUT2D eigenvalue weighted by Crippen LogP contribution is 2.39. The zero-order chi connectivity index (χ0) is 30.2. The van der Waals surface area contributed by atoms with Gasteiger partial charge in [0, 0.05) is 36.8 Å². The van der Waals surface area contributed by atoms with Crippen LogP contribution in [-0.2, 0) is 25.6 Å². The maximum absolute atomic E-state index is 13.5. The summed E-state index contributed by atoms with van der Waals surface area (Å²) in [5, 5.41) is 10.0. The van der Waals surface area contributed by atoms with E-state index in [1.807, 2.05) is 0 Å². The van der Waals surface area contributed by atoms with E-state index >= 15 is 0 Å². The van der Waals surface area contributed by atoms with Crippen molar-refractivity contribution in [1.29, 1.82) is 0 Å². The first kappa shape index (κ1) is 31.3. The Bertz CT molecular complexity index is 1600. The third kappa shape index (κ3) is 6.54. The monoisotopic (exact) mass is 633 g/mol. The number of sulfonamides is 2. The Hall–Kier alpha value is -2.69. The van der Waals surface area contributed by atoms with E-state index in [0.29, 0.717) is 12.6 Å². The van der Waals surface area contributed by atoms with Crippen molar-refractivity contribution in [2.45, 2.75) is 39.4 Å². The Morgan fingerprint density at radius 3 is 2.15 bits per heavy atom. The fraction of sp³-hybridized carbons (Fsp3) is 0.308. The number of hydrogen-bond donors (Lipinski definition) is 3. The lowest BCUT2D eigenvalue weighted by Gasteiger charge is -2.42. The molecule has 0 saturated carbocycles. The van der Waals surface area contributed by atoms with E-state index in [2.05, 4.69) is 17.4 Å². The maximum Gasteiger partial charge on any atom is 0.421 e. The summed E-state index contributed by atoms with van der Waals surface area (Å²) >= 11 is 4.25. The molecule has 0 radical (unpaired) electrons. The quantitative estimate of drug-likeness (QED) is 0.258. The SMILES string of the molecule is C[C@@](O)(c1ccc(N2CCN(S(=O)(=O)c3ccccc3S)C[C@@H]2CNS(=O)(=O)c2ccc(F)cc2)cc1)C(F)(F)F. The summed E-state index contributed by atoms with van der Waals surface area (Å²) in [5.41, 5.74) is -3.10. The Kier molecular flexibility index (Phi) is 8.79. The molecule has 222 valence electrons. The zero-order valence-electron chi connectivity index (χ0n) is 21.6. The van der Waals surface area contributed by atoms with E-state index in [1.54, 1.807) is 17.0 Å². The summed E-state index contributed by atoms with van der Waals surface area (Å²) in [6.07, 6.45) is -4.92. The highest BCUT2D eigenvalue weighted by Gasteiger charge is 2.51. The summed E-state index contributed by atoms with van der Waals surface area (Å²) in [6.45, 7) is 0.256. The highest BCUT2D eigenvalue weighted by atomic mass is 32.2. The lowest BCUT2D eigenvalue weighted by Crippen LogP contribution is -2.58. The number of piperazine rings is 1. The van der Waals surface area contributed by atoms with Crippen LogP contribution < -0.4 is 9.62 Å². The van der Waals surface area contributed by atoms with Crippen LogP contribution in [0.1, 0.15) is 12.5 Å². The van der Waals surface area contributed by atoms with Crippen LogP contribution in [0, 0.1) is 5.82 Å². The number of halogens is 4. The van der Waals surface area contributed by atoms with Gasteiger partial charge in [-0.25, -0.2) is 25.9 Å². The first-order valence-corrected chi connectivity index (χ1v) is 15.6. The molecule has 0 aliphatic carbocycles. The molecule has 0 aromatic heterocycles. The van der Waals surface area contributed by atoms with Crippen molar-refractivity contribution in [3.63, 3.8) is 0 Å². The fourth-order valence-electron chi connectivity index (χ4n) is 4.42. The summed E-state index contributed by atoms with van der Waals surface area (Å²) in [7, 11) is -8.15. The summed E-state index contributed by atoms with van der Waals surface area (Å²) < 4.78 is 110. The van der Waals surface area contributed by atoms with Crippen LogP contribution in [0.4, 0.5) is 23.2 Å². The molecule has 0 amide bonds. The van der Waals surface area contributed by atoms with Crippen LogP contribution in [0.2, 0.25) is 0 Å². The minimum Gasteiger partial charge on any atom is -0.376 e. The first-order valence-electron chi connectivity index (χ1n) is 12.2. The van der Waals surface area contributed by atoms with Gasteiger partial charge in [0.15, 0.2) is 5.60 Å². The number of aliphatic hydroxyl groups is 1. The van der Waals surface area contributed by atoms with Crippen molar-refractivity contribution < 1.29 is 39.5 Å². The predicted molar refractivity (Wildman–Crippen MR) is 147 cm³/mol. The second-order valence-electron chi connectivity index (χ2n) is 9.60. The molecule has 1 aliphatic heterocycles. The van der Waals surface area contributed by atoms with Crippen molar-refractivity contribution in [3.8, 4) is 0 Å². The number of thiol groups is 1. The maximum atomic E-state index is 13.5. The number of benzene rings is 3. The van der Waals surface area contributed by atoms with Gasteiger partial charge in [0.1, 0.15) is 5.82 Å². The first-order chi connectivity index (χ1) is 19.0. The lowest BCUT2D eigenvalue weighted by molar-refractivity contribution is -0.258. The number of nitrogens with zero attached hydrogens (tertiary/aromatic N) is 2. The van der Waals surface area contributed by atoms with Crippen molar-refractivity contribution in [1.82, 2.24) is 9.03 Å². The van der Waals surface area contributed by atoms with Crippen LogP contribution in [0.15, 0.2) is 87.5 Å². The Morgan fingerprint density at radius 2 is 1.56 bits per heavy atom. The van der Waals surface area contributed by atoms with Gasteiger partial charge in [-0.15, -0.1) is 12.6 Å². The van der Waals surface area contributed by atoms with Gasteiger partial charge in [-0.3, -0.25) is 0 Å². The Balaban J connectivity index is 1.64. The highest BCUT2D eigenvalue weighted by molar-refractivity contribution is 7.90. The molecule has 41 heavy (non-hydrogen) atoms. The minimum atomic E-state index is -4.92. The smallest absolute Gasteiger partial charge is 0.376 e. The molecule has 4 rings (SSSR count). The number of anilines is 1. The summed E-state index contributed by atoms with van der Waals surface area (Å²) in [5.74, 6) is -0.624. The van der Waals surface area contributed by atoms with Crippen LogP contribution in [0.5, 0.6) is 0 Å². The predicted octanol–water partition coefficient (Wildman–Crippen LogP) is 3.74. The molecule has 2 atom stereocenters. The van der Waals surface area contributed by atoms with Gasteiger partial charge in [0.2, 0.25) is 20.0 Å². The average molecular weight is 634 g/mol. The molecule has 3 aromatic rings. The Labute approximate surface area is 241 Å². The van der Waals surface area contributed by atoms with Gasteiger partial charge in [-0.05, 0) is 61.0 Å². The van der Waals surface area contributed by atoms with E-state index in [-0.39, 0.29) is 40.9 Å². The summed E-state index contributed by atoms with van der Waals surface area (Å²) in [6, 6.07) is 14.4. The van der Waals surface area contributed by atoms with E-state index < -0.39 is 49.2 Å². The van der Waals surface area contributed by atoms with Crippen molar-refractivity contribution in [3.05, 3.63) is 84.2 Å². The molecule has 0 unspecified atom stereocenters. The van der Waals surface area contributed by atoms with E-state index in [0.717, 1.165) is 36.4 Å². The number of hydrogen-bond acceptors (Lipinski definition) is 7. The molecule has 3 aromatic carbocycles.